The molecule has 1 atom stereocenters. The van der Waals surface area contributed by atoms with E-state index in [9.17, 15) is 0 Å². The van der Waals surface area contributed by atoms with Gasteiger partial charge in [-0.2, -0.15) is 0 Å². The number of aromatic nitrogens is 2. The number of pyridine rings is 1. The van der Waals surface area contributed by atoms with E-state index in [-0.39, 0.29) is 6.04 Å². The van der Waals surface area contributed by atoms with Crippen molar-refractivity contribution in [3.63, 3.8) is 0 Å². The summed E-state index contributed by atoms with van der Waals surface area (Å²) in [5, 5.41) is 3.09. The van der Waals surface area contributed by atoms with Crippen LogP contribution in [0.4, 0.5) is 0 Å². The molecule has 2 aromatic heterocycles. The monoisotopic (exact) mass is 264 g/mol. The number of nitrogens with two attached hydrogens (primary N) is 1. The number of hydrogen-bond donors (Lipinski definition) is 2. The number of aryl methyl sites for hydroxylation is 1. The third-order valence-corrected chi connectivity index (χ3v) is 3.61. The molecule has 18 heavy (non-hydrogen) atoms. The van der Waals surface area contributed by atoms with E-state index in [1.807, 2.05) is 18.4 Å². The number of hydrogen-bond acceptors (Lipinski definition) is 6. The van der Waals surface area contributed by atoms with Gasteiger partial charge in [-0.25, -0.2) is 4.98 Å². The molecule has 0 amide bonds. The van der Waals surface area contributed by atoms with Crippen molar-refractivity contribution < 1.29 is 4.74 Å². The van der Waals surface area contributed by atoms with Crippen LogP contribution in [-0.4, -0.2) is 17.1 Å². The van der Waals surface area contributed by atoms with Crippen LogP contribution in [0.2, 0.25) is 0 Å². The maximum absolute atomic E-state index is 5.61. The number of hydrazine groups is 1. The highest BCUT2D eigenvalue weighted by Crippen LogP contribution is 2.22. The second kappa shape index (κ2) is 5.90. The molecule has 6 heteroatoms. The van der Waals surface area contributed by atoms with Gasteiger partial charge >= 0.3 is 0 Å². The summed E-state index contributed by atoms with van der Waals surface area (Å²) in [6.07, 6.45) is 4.20. The number of nitrogens with zero attached hydrogens (tertiary/aromatic N) is 2. The number of thiazole rings is 1. The fraction of sp³-hybridized carbons (Fsp3) is 0.333. The van der Waals surface area contributed by atoms with Gasteiger partial charge in [0, 0.05) is 23.7 Å². The van der Waals surface area contributed by atoms with Crippen LogP contribution in [0.3, 0.4) is 0 Å². The van der Waals surface area contributed by atoms with Gasteiger partial charge in [-0.05, 0) is 18.6 Å². The zero-order chi connectivity index (χ0) is 13.0. The molecular weight excluding hydrogens is 248 g/mol. The molecule has 2 rings (SSSR count). The van der Waals surface area contributed by atoms with Gasteiger partial charge in [-0.1, -0.05) is 0 Å². The lowest BCUT2D eigenvalue weighted by molar-refractivity contribution is 0.410. The lowest BCUT2D eigenvalue weighted by Gasteiger charge is -2.15. The average Bonchev–Trinajstić information content (AvgIpc) is 2.81. The fourth-order valence-corrected chi connectivity index (χ4v) is 2.50. The molecule has 2 aromatic rings. The first-order chi connectivity index (χ1) is 8.72. The van der Waals surface area contributed by atoms with Crippen molar-refractivity contribution in [1.82, 2.24) is 15.4 Å². The molecule has 0 aliphatic carbocycles. The molecule has 0 aliphatic rings. The summed E-state index contributed by atoms with van der Waals surface area (Å²) in [5.74, 6) is 6.33. The standard InChI is InChI=1S/C12H16N4OS/c1-8-7-18-12(15-8)4-11(16-13)9-3-10(17-2)6-14-5-9/h3,5-7,11,16H,4,13H2,1-2H3. The van der Waals surface area contributed by atoms with Gasteiger partial charge in [0.25, 0.3) is 0 Å². The molecule has 0 saturated carbocycles. The minimum absolute atomic E-state index is 0.0156. The van der Waals surface area contributed by atoms with Crippen molar-refractivity contribution in [3.05, 3.63) is 40.1 Å². The smallest absolute Gasteiger partial charge is 0.137 e. The van der Waals surface area contributed by atoms with Gasteiger partial charge in [-0.3, -0.25) is 16.3 Å². The maximum atomic E-state index is 5.61. The van der Waals surface area contributed by atoms with Gasteiger partial charge in [-0.15, -0.1) is 11.3 Å². The molecule has 0 radical (unpaired) electrons. The SMILES string of the molecule is COc1cncc(C(Cc2nc(C)cs2)NN)c1. The Morgan fingerprint density at radius 2 is 2.33 bits per heavy atom. The first-order valence-electron chi connectivity index (χ1n) is 5.59. The van der Waals surface area contributed by atoms with E-state index >= 15 is 0 Å². The Bertz CT molecular complexity index is 514. The van der Waals surface area contributed by atoms with Gasteiger partial charge in [0.2, 0.25) is 0 Å². The van der Waals surface area contributed by atoms with E-state index in [0.29, 0.717) is 0 Å². The third-order valence-electron chi connectivity index (χ3n) is 2.62. The second-order valence-corrected chi connectivity index (χ2v) is 4.91. The van der Waals surface area contributed by atoms with Gasteiger partial charge in [0.15, 0.2) is 0 Å². The van der Waals surface area contributed by atoms with E-state index < -0.39 is 0 Å². The highest BCUT2D eigenvalue weighted by molar-refractivity contribution is 7.09. The van der Waals surface area contributed by atoms with E-state index in [2.05, 4.69) is 15.4 Å². The lowest BCUT2D eigenvalue weighted by Crippen LogP contribution is -2.29. The molecule has 5 nitrogen and oxygen atoms in total. The summed E-state index contributed by atoms with van der Waals surface area (Å²) < 4.78 is 5.16. The predicted molar refractivity (Wildman–Crippen MR) is 71.4 cm³/mol. The van der Waals surface area contributed by atoms with Crippen molar-refractivity contribution in [1.29, 1.82) is 0 Å². The van der Waals surface area contributed by atoms with Crippen molar-refractivity contribution >= 4 is 11.3 Å². The molecular formula is C12H16N4OS. The van der Waals surface area contributed by atoms with Crippen LogP contribution in [0.1, 0.15) is 22.3 Å². The Hall–Kier alpha value is -1.50. The molecule has 1 unspecified atom stereocenters. The van der Waals surface area contributed by atoms with Crippen LogP contribution in [0.15, 0.2) is 23.8 Å². The maximum Gasteiger partial charge on any atom is 0.137 e. The minimum Gasteiger partial charge on any atom is -0.495 e. The topological polar surface area (TPSA) is 73.1 Å². The van der Waals surface area contributed by atoms with E-state index in [0.717, 1.165) is 28.4 Å². The average molecular weight is 264 g/mol. The largest absolute Gasteiger partial charge is 0.495 e. The van der Waals surface area contributed by atoms with Crippen molar-refractivity contribution in [3.8, 4) is 5.75 Å². The summed E-state index contributed by atoms with van der Waals surface area (Å²) in [4.78, 5) is 8.57. The van der Waals surface area contributed by atoms with Crippen LogP contribution >= 0.6 is 11.3 Å². The number of ether oxygens (including phenoxy) is 1. The second-order valence-electron chi connectivity index (χ2n) is 3.96. The Morgan fingerprint density at radius 3 is 2.94 bits per heavy atom. The van der Waals surface area contributed by atoms with Crippen LogP contribution in [0, 0.1) is 6.92 Å². The van der Waals surface area contributed by atoms with Crippen LogP contribution in [0.25, 0.3) is 0 Å². The molecule has 0 saturated heterocycles. The molecule has 0 fully saturated rings. The highest BCUT2D eigenvalue weighted by Gasteiger charge is 2.13. The normalized spacial score (nSPS) is 12.4. The molecule has 3 N–H and O–H groups in total. The summed E-state index contributed by atoms with van der Waals surface area (Å²) in [6, 6.07) is 1.91. The fourth-order valence-electron chi connectivity index (χ4n) is 1.68. The van der Waals surface area contributed by atoms with E-state index in [4.69, 9.17) is 10.6 Å². The first-order valence-corrected chi connectivity index (χ1v) is 6.47. The number of nitrogens with one attached hydrogen (secondary N) is 1. The Morgan fingerprint density at radius 1 is 1.50 bits per heavy atom. The highest BCUT2D eigenvalue weighted by atomic mass is 32.1. The van der Waals surface area contributed by atoms with Gasteiger partial charge in [0.1, 0.15) is 5.75 Å². The van der Waals surface area contributed by atoms with Crippen LogP contribution in [0.5, 0.6) is 5.75 Å². The van der Waals surface area contributed by atoms with Crippen molar-refractivity contribution in [2.24, 2.45) is 5.84 Å². The molecule has 0 aromatic carbocycles. The lowest BCUT2D eigenvalue weighted by atomic mass is 10.1. The van der Waals surface area contributed by atoms with Crippen molar-refractivity contribution in [2.75, 3.05) is 7.11 Å². The van der Waals surface area contributed by atoms with Crippen LogP contribution < -0.4 is 16.0 Å². The Kier molecular flexibility index (Phi) is 4.24. The summed E-state index contributed by atoms with van der Waals surface area (Å²) in [6.45, 7) is 1.98. The third kappa shape index (κ3) is 3.04. The predicted octanol–water partition coefficient (Wildman–Crippen LogP) is 1.60. The minimum atomic E-state index is -0.0156. The molecule has 0 bridgehead atoms. The van der Waals surface area contributed by atoms with Gasteiger partial charge < -0.3 is 4.74 Å². The zero-order valence-electron chi connectivity index (χ0n) is 10.4. The summed E-state index contributed by atoms with van der Waals surface area (Å²) in [7, 11) is 1.62. The summed E-state index contributed by atoms with van der Waals surface area (Å²) in [5.41, 5.74) is 4.83. The molecule has 2 heterocycles. The Balaban J connectivity index is 2.17. The molecule has 0 spiro atoms. The Labute approximate surface area is 110 Å². The van der Waals surface area contributed by atoms with Crippen molar-refractivity contribution in [2.45, 2.75) is 19.4 Å². The first kappa shape index (κ1) is 12.9. The number of methoxy groups -OCH3 is 1. The quantitative estimate of drug-likeness (QED) is 0.634. The number of rotatable bonds is 5. The van der Waals surface area contributed by atoms with Crippen LogP contribution in [-0.2, 0) is 6.42 Å². The molecule has 96 valence electrons. The molecule has 0 aliphatic heterocycles. The van der Waals surface area contributed by atoms with E-state index in [1.54, 1.807) is 30.8 Å². The van der Waals surface area contributed by atoms with E-state index in [1.165, 1.54) is 0 Å². The summed E-state index contributed by atoms with van der Waals surface area (Å²) >= 11 is 1.64. The van der Waals surface area contributed by atoms with Gasteiger partial charge in [0.05, 0.1) is 24.4 Å². The zero-order valence-corrected chi connectivity index (χ0v) is 11.2.